The molecule has 2 rings (SSSR count). The zero-order chi connectivity index (χ0) is 11.4. The highest BCUT2D eigenvalue weighted by molar-refractivity contribution is 9.10. The van der Waals surface area contributed by atoms with Crippen LogP contribution in [0.15, 0.2) is 46.3 Å². The van der Waals surface area contributed by atoms with Gasteiger partial charge in [-0.15, -0.1) is 11.3 Å². The number of hydrogen-bond acceptors (Lipinski definition) is 2. The molecular weight excluding hydrogens is 284 g/mol. The van der Waals surface area contributed by atoms with Crippen molar-refractivity contribution >= 4 is 33.0 Å². The summed E-state index contributed by atoms with van der Waals surface area (Å²) >= 11 is 5.07. The minimum atomic E-state index is 0.203. The summed E-state index contributed by atoms with van der Waals surface area (Å²) in [7, 11) is 0. The van der Waals surface area contributed by atoms with Gasteiger partial charge >= 0.3 is 0 Å². The Morgan fingerprint density at radius 2 is 2.12 bits per heavy atom. The standard InChI is InChI=1S/C13H11BrOS/c14-11-4-1-3-10(9-11)13(15)7-6-12-5-2-8-16-12/h1-5,8-9H,6-7H2. The number of ketones is 1. The quantitative estimate of drug-likeness (QED) is 0.767. The van der Waals surface area contributed by atoms with Crippen LogP contribution in [0.25, 0.3) is 0 Å². The molecule has 0 saturated carbocycles. The second-order valence-corrected chi connectivity index (χ2v) is 5.46. The number of Topliss-reactive ketones (excluding diaryl/α,β-unsaturated/α-hetero) is 1. The van der Waals surface area contributed by atoms with Gasteiger partial charge in [-0.1, -0.05) is 34.1 Å². The third-order valence-corrected chi connectivity index (χ3v) is 3.75. The molecule has 0 bridgehead atoms. The maximum absolute atomic E-state index is 11.9. The zero-order valence-corrected chi connectivity index (χ0v) is 11.1. The molecule has 1 aromatic carbocycles. The molecule has 3 heteroatoms. The molecule has 2 aromatic rings. The predicted molar refractivity (Wildman–Crippen MR) is 71.1 cm³/mol. The molecule has 0 aliphatic rings. The molecule has 0 spiro atoms. The van der Waals surface area contributed by atoms with Crippen molar-refractivity contribution in [2.45, 2.75) is 12.8 Å². The van der Waals surface area contributed by atoms with Gasteiger partial charge < -0.3 is 0 Å². The largest absolute Gasteiger partial charge is 0.294 e. The Balaban J connectivity index is 1.98. The van der Waals surface area contributed by atoms with Crippen molar-refractivity contribution in [3.8, 4) is 0 Å². The van der Waals surface area contributed by atoms with Crippen LogP contribution in [0, 0.1) is 0 Å². The van der Waals surface area contributed by atoms with Crippen molar-refractivity contribution in [3.05, 3.63) is 56.7 Å². The minimum absolute atomic E-state index is 0.203. The molecule has 0 unspecified atom stereocenters. The number of thiophene rings is 1. The molecular formula is C13H11BrOS. The first kappa shape index (κ1) is 11.6. The Hall–Kier alpha value is -0.930. The third-order valence-electron chi connectivity index (χ3n) is 2.33. The van der Waals surface area contributed by atoms with E-state index in [9.17, 15) is 4.79 Å². The first-order chi connectivity index (χ1) is 7.75. The van der Waals surface area contributed by atoms with Gasteiger partial charge in [0, 0.05) is 21.3 Å². The van der Waals surface area contributed by atoms with Crippen molar-refractivity contribution in [1.82, 2.24) is 0 Å². The van der Waals surface area contributed by atoms with E-state index in [0.717, 1.165) is 16.5 Å². The van der Waals surface area contributed by atoms with Gasteiger partial charge in [0.2, 0.25) is 0 Å². The minimum Gasteiger partial charge on any atom is -0.294 e. The number of benzene rings is 1. The van der Waals surface area contributed by atoms with Crippen molar-refractivity contribution in [2.75, 3.05) is 0 Å². The summed E-state index contributed by atoms with van der Waals surface area (Å²) in [6.07, 6.45) is 1.42. The molecule has 0 fully saturated rings. The van der Waals surface area contributed by atoms with Crippen molar-refractivity contribution < 1.29 is 4.79 Å². The predicted octanol–water partition coefficient (Wildman–Crippen LogP) is 4.33. The van der Waals surface area contributed by atoms with Crippen LogP contribution in [-0.4, -0.2) is 5.78 Å². The summed E-state index contributed by atoms with van der Waals surface area (Å²) in [4.78, 5) is 13.1. The maximum atomic E-state index is 11.9. The number of hydrogen-bond donors (Lipinski definition) is 0. The molecule has 1 aromatic heterocycles. The number of carbonyl (C=O) groups is 1. The Bertz CT molecular complexity index is 476. The number of halogens is 1. The molecule has 0 aliphatic carbocycles. The number of aryl methyl sites for hydroxylation is 1. The number of carbonyl (C=O) groups excluding carboxylic acids is 1. The summed E-state index contributed by atoms with van der Waals surface area (Å²) in [5, 5.41) is 2.04. The molecule has 0 radical (unpaired) electrons. The molecule has 16 heavy (non-hydrogen) atoms. The van der Waals surface area contributed by atoms with E-state index in [1.165, 1.54) is 4.88 Å². The monoisotopic (exact) mass is 294 g/mol. The Morgan fingerprint density at radius 3 is 2.81 bits per heavy atom. The fourth-order valence-corrected chi connectivity index (χ4v) is 2.61. The molecule has 0 saturated heterocycles. The topological polar surface area (TPSA) is 17.1 Å². The zero-order valence-electron chi connectivity index (χ0n) is 8.65. The van der Waals surface area contributed by atoms with Crippen LogP contribution in [0.4, 0.5) is 0 Å². The molecule has 0 atom stereocenters. The fraction of sp³-hybridized carbons (Fsp3) is 0.154. The van der Waals surface area contributed by atoms with Gasteiger partial charge in [-0.05, 0) is 30.0 Å². The summed E-state index contributed by atoms with van der Waals surface area (Å²) in [5.74, 6) is 0.203. The average Bonchev–Trinajstić information content (AvgIpc) is 2.78. The Kier molecular flexibility index (Phi) is 3.91. The first-order valence-corrected chi connectivity index (χ1v) is 6.74. The molecule has 82 valence electrons. The summed E-state index contributed by atoms with van der Waals surface area (Å²) in [6, 6.07) is 11.6. The van der Waals surface area contributed by atoms with E-state index in [2.05, 4.69) is 22.0 Å². The third kappa shape index (κ3) is 3.03. The van der Waals surface area contributed by atoms with Gasteiger partial charge in [-0.2, -0.15) is 0 Å². The highest BCUT2D eigenvalue weighted by atomic mass is 79.9. The van der Waals surface area contributed by atoms with Gasteiger partial charge in [0.15, 0.2) is 5.78 Å². The molecule has 1 nitrogen and oxygen atoms in total. The maximum Gasteiger partial charge on any atom is 0.163 e. The Labute approximate surface area is 107 Å². The van der Waals surface area contributed by atoms with Gasteiger partial charge in [0.1, 0.15) is 0 Å². The van der Waals surface area contributed by atoms with Crippen LogP contribution in [0.3, 0.4) is 0 Å². The average molecular weight is 295 g/mol. The van der Waals surface area contributed by atoms with Crippen molar-refractivity contribution in [2.24, 2.45) is 0 Å². The lowest BCUT2D eigenvalue weighted by atomic mass is 10.1. The van der Waals surface area contributed by atoms with Gasteiger partial charge in [-0.3, -0.25) is 4.79 Å². The molecule has 0 amide bonds. The van der Waals surface area contributed by atoms with Crippen LogP contribution in [0.2, 0.25) is 0 Å². The van der Waals surface area contributed by atoms with Gasteiger partial charge in [0.25, 0.3) is 0 Å². The van der Waals surface area contributed by atoms with E-state index >= 15 is 0 Å². The molecule has 0 aliphatic heterocycles. The summed E-state index contributed by atoms with van der Waals surface area (Å²) < 4.78 is 0.953. The Morgan fingerprint density at radius 1 is 1.25 bits per heavy atom. The fourth-order valence-electron chi connectivity index (χ4n) is 1.50. The van der Waals surface area contributed by atoms with E-state index in [1.807, 2.05) is 35.7 Å². The molecule has 0 N–H and O–H groups in total. The second-order valence-electron chi connectivity index (χ2n) is 3.51. The van der Waals surface area contributed by atoms with E-state index in [0.29, 0.717) is 6.42 Å². The van der Waals surface area contributed by atoms with Crippen LogP contribution in [0.1, 0.15) is 21.7 Å². The smallest absolute Gasteiger partial charge is 0.163 e. The normalized spacial score (nSPS) is 10.3. The van der Waals surface area contributed by atoms with E-state index < -0.39 is 0 Å². The van der Waals surface area contributed by atoms with E-state index in [4.69, 9.17) is 0 Å². The lowest BCUT2D eigenvalue weighted by Crippen LogP contribution is -2.00. The SMILES string of the molecule is O=C(CCc1cccs1)c1cccc(Br)c1. The lowest BCUT2D eigenvalue weighted by Gasteiger charge is -2.00. The van der Waals surface area contributed by atoms with Crippen LogP contribution < -0.4 is 0 Å². The highest BCUT2D eigenvalue weighted by Gasteiger charge is 2.06. The lowest BCUT2D eigenvalue weighted by molar-refractivity contribution is 0.0983. The van der Waals surface area contributed by atoms with Gasteiger partial charge in [0.05, 0.1) is 0 Å². The first-order valence-electron chi connectivity index (χ1n) is 5.07. The summed E-state index contributed by atoms with van der Waals surface area (Å²) in [6.45, 7) is 0. The van der Waals surface area contributed by atoms with Crippen LogP contribution >= 0.6 is 27.3 Å². The van der Waals surface area contributed by atoms with Crippen molar-refractivity contribution in [3.63, 3.8) is 0 Å². The molecule has 1 heterocycles. The van der Waals surface area contributed by atoms with E-state index in [1.54, 1.807) is 11.3 Å². The number of rotatable bonds is 4. The van der Waals surface area contributed by atoms with Crippen LogP contribution in [-0.2, 0) is 6.42 Å². The van der Waals surface area contributed by atoms with Crippen molar-refractivity contribution in [1.29, 1.82) is 0 Å². The van der Waals surface area contributed by atoms with Gasteiger partial charge in [-0.25, -0.2) is 0 Å². The summed E-state index contributed by atoms with van der Waals surface area (Å²) in [5.41, 5.74) is 0.783. The van der Waals surface area contributed by atoms with E-state index in [-0.39, 0.29) is 5.78 Å². The van der Waals surface area contributed by atoms with Crippen LogP contribution in [0.5, 0.6) is 0 Å². The second kappa shape index (κ2) is 5.41. The highest BCUT2D eigenvalue weighted by Crippen LogP contribution is 2.16.